The molecule has 2 N–H and O–H groups in total. The van der Waals surface area contributed by atoms with E-state index >= 15 is 0 Å². The van der Waals surface area contributed by atoms with E-state index in [1.807, 2.05) is 0 Å². The van der Waals surface area contributed by atoms with Crippen LogP contribution in [0.3, 0.4) is 0 Å². The van der Waals surface area contributed by atoms with E-state index in [4.69, 9.17) is 0 Å². The van der Waals surface area contributed by atoms with Crippen molar-refractivity contribution < 1.29 is 4.39 Å². The first kappa shape index (κ1) is 15.6. The molecule has 90 valence electrons. The Hall–Kier alpha value is -0.370. The first-order valence-electron chi connectivity index (χ1n) is 4.49. The van der Waals surface area contributed by atoms with Crippen LogP contribution >= 0.6 is 39.9 Å². The second-order valence-electron chi connectivity index (χ2n) is 2.91. The van der Waals surface area contributed by atoms with Gasteiger partial charge < -0.3 is 10.6 Å². The molecule has 0 aliphatic heterocycles. The third-order valence-corrected chi connectivity index (χ3v) is 2.69. The van der Waals surface area contributed by atoms with Crippen LogP contribution in [-0.2, 0) is 6.54 Å². The van der Waals surface area contributed by atoms with Crippen molar-refractivity contribution in [3.05, 3.63) is 34.1 Å². The van der Waals surface area contributed by atoms with Crippen LogP contribution in [0.5, 0.6) is 0 Å². The minimum Gasteiger partial charge on any atom is -0.359 e. The monoisotopic (exact) mass is 401 g/mol. The molecule has 3 nitrogen and oxygen atoms in total. The molecule has 0 aliphatic carbocycles. The van der Waals surface area contributed by atoms with Crippen LogP contribution in [0.15, 0.2) is 27.7 Å². The summed E-state index contributed by atoms with van der Waals surface area (Å²) in [5, 5.41) is 5.93. The maximum absolute atomic E-state index is 12.9. The van der Waals surface area contributed by atoms with Crippen molar-refractivity contribution in [2.45, 2.75) is 6.54 Å². The summed E-state index contributed by atoms with van der Waals surface area (Å²) in [6.07, 6.45) is 0. The van der Waals surface area contributed by atoms with Gasteiger partial charge in [0.25, 0.3) is 0 Å². The molecule has 0 saturated carbocycles. The summed E-state index contributed by atoms with van der Waals surface area (Å²) in [6, 6.07) is 4.59. The molecule has 0 aromatic heterocycles. The molecule has 1 rings (SSSR count). The third-order valence-electron chi connectivity index (χ3n) is 1.91. The molecule has 0 spiro atoms. The highest BCUT2D eigenvalue weighted by Crippen LogP contribution is 2.17. The van der Waals surface area contributed by atoms with E-state index in [-0.39, 0.29) is 29.8 Å². The van der Waals surface area contributed by atoms with Gasteiger partial charge in [-0.3, -0.25) is 4.99 Å². The maximum Gasteiger partial charge on any atom is 0.190 e. The summed E-state index contributed by atoms with van der Waals surface area (Å²) in [6.45, 7) is 0.520. The van der Waals surface area contributed by atoms with Crippen LogP contribution in [-0.4, -0.2) is 20.1 Å². The number of guanidine groups is 1. The zero-order valence-corrected chi connectivity index (χ0v) is 13.0. The van der Waals surface area contributed by atoms with Crippen LogP contribution in [0, 0.1) is 5.82 Å². The molecule has 1 aromatic rings. The van der Waals surface area contributed by atoms with Crippen LogP contribution in [0.2, 0.25) is 0 Å². The van der Waals surface area contributed by atoms with Crippen molar-refractivity contribution in [3.63, 3.8) is 0 Å². The van der Waals surface area contributed by atoms with Crippen molar-refractivity contribution in [3.8, 4) is 0 Å². The molecule has 0 aliphatic rings. The molecular weight excluding hydrogens is 388 g/mol. The smallest absolute Gasteiger partial charge is 0.190 e. The SMILES string of the molecule is CN=C(NC)NCc1cc(F)ccc1Br.I. The third kappa shape index (κ3) is 4.65. The Labute approximate surface area is 120 Å². The number of hydrogen-bond acceptors (Lipinski definition) is 1. The summed E-state index contributed by atoms with van der Waals surface area (Å²) in [4.78, 5) is 3.96. The van der Waals surface area contributed by atoms with E-state index < -0.39 is 0 Å². The first-order valence-corrected chi connectivity index (χ1v) is 5.29. The summed E-state index contributed by atoms with van der Waals surface area (Å²) < 4.78 is 13.8. The van der Waals surface area contributed by atoms with Gasteiger partial charge in [0, 0.05) is 25.1 Å². The van der Waals surface area contributed by atoms with Gasteiger partial charge in [-0.2, -0.15) is 0 Å². The zero-order chi connectivity index (χ0) is 11.3. The largest absolute Gasteiger partial charge is 0.359 e. The molecule has 0 amide bonds. The van der Waals surface area contributed by atoms with E-state index in [0.717, 1.165) is 10.0 Å². The summed E-state index contributed by atoms with van der Waals surface area (Å²) in [7, 11) is 3.45. The van der Waals surface area contributed by atoms with Crippen molar-refractivity contribution >= 4 is 45.9 Å². The Kier molecular flexibility index (Phi) is 7.65. The highest BCUT2D eigenvalue weighted by molar-refractivity contribution is 14.0. The van der Waals surface area contributed by atoms with Crippen LogP contribution in [0.1, 0.15) is 5.56 Å². The lowest BCUT2D eigenvalue weighted by molar-refractivity contribution is 0.624. The zero-order valence-electron chi connectivity index (χ0n) is 9.05. The highest BCUT2D eigenvalue weighted by atomic mass is 127. The number of nitrogens with one attached hydrogen (secondary N) is 2. The quantitative estimate of drug-likeness (QED) is 0.454. The number of halogens is 3. The Morgan fingerprint density at radius 3 is 2.75 bits per heavy atom. The molecule has 0 heterocycles. The van der Waals surface area contributed by atoms with Gasteiger partial charge in [-0.05, 0) is 23.8 Å². The predicted octanol–water partition coefficient (Wildman–Crippen LogP) is 2.50. The summed E-state index contributed by atoms with van der Waals surface area (Å²) in [5.74, 6) is 0.431. The Morgan fingerprint density at radius 1 is 1.50 bits per heavy atom. The molecule has 0 atom stereocenters. The number of nitrogens with zero attached hydrogens (tertiary/aromatic N) is 1. The average molecular weight is 402 g/mol. The molecule has 0 bridgehead atoms. The standard InChI is InChI=1S/C10H13BrFN3.HI/c1-13-10(14-2)15-6-7-5-8(12)3-4-9(7)11;/h3-5H,6H2,1-2H3,(H2,13,14,15);1H. The van der Waals surface area contributed by atoms with Crippen molar-refractivity contribution in [2.75, 3.05) is 14.1 Å². The minimum atomic E-state index is -0.241. The van der Waals surface area contributed by atoms with Gasteiger partial charge in [-0.25, -0.2) is 4.39 Å². The fourth-order valence-corrected chi connectivity index (χ4v) is 1.52. The molecule has 0 unspecified atom stereocenters. The molecule has 0 saturated heterocycles. The van der Waals surface area contributed by atoms with Crippen molar-refractivity contribution in [1.82, 2.24) is 10.6 Å². The van der Waals surface area contributed by atoms with E-state index in [9.17, 15) is 4.39 Å². The average Bonchev–Trinajstić information content (AvgIpc) is 2.24. The Morgan fingerprint density at radius 2 is 2.19 bits per heavy atom. The van der Waals surface area contributed by atoms with Gasteiger partial charge in [0.2, 0.25) is 0 Å². The van der Waals surface area contributed by atoms with Gasteiger partial charge in [0.05, 0.1) is 0 Å². The molecular formula is C10H14BrFIN3. The predicted molar refractivity (Wildman–Crippen MR) is 78.8 cm³/mol. The van der Waals surface area contributed by atoms with Crippen LogP contribution < -0.4 is 10.6 Å². The second kappa shape index (κ2) is 7.83. The molecule has 6 heteroatoms. The fraction of sp³-hybridized carbons (Fsp3) is 0.300. The van der Waals surface area contributed by atoms with Gasteiger partial charge >= 0.3 is 0 Å². The lowest BCUT2D eigenvalue weighted by atomic mass is 10.2. The van der Waals surface area contributed by atoms with Gasteiger partial charge in [-0.15, -0.1) is 24.0 Å². The van der Waals surface area contributed by atoms with Crippen LogP contribution in [0.4, 0.5) is 4.39 Å². The topological polar surface area (TPSA) is 36.4 Å². The molecule has 16 heavy (non-hydrogen) atoms. The van der Waals surface area contributed by atoms with Gasteiger partial charge in [0.1, 0.15) is 5.82 Å². The maximum atomic E-state index is 12.9. The summed E-state index contributed by atoms with van der Waals surface area (Å²) in [5.41, 5.74) is 0.853. The highest BCUT2D eigenvalue weighted by Gasteiger charge is 2.02. The Bertz CT molecular complexity index is 371. The Balaban J connectivity index is 0.00000225. The fourth-order valence-electron chi connectivity index (χ4n) is 1.14. The first-order chi connectivity index (χ1) is 7.17. The lowest BCUT2D eigenvalue weighted by Gasteiger charge is -2.09. The van der Waals surface area contributed by atoms with Crippen LogP contribution in [0.25, 0.3) is 0 Å². The molecule has 0 radical (unpaired) electrons. The number of aliphatic imine (C=N–C) groups is 1. The van der Waals surface area contributed by atoms with E-state index in [1.165, 1.54) is 12.1 Å². The number of hydrogen-bond donors (Lipinski definition) is 2. The van der Waals surface area contributed by atoms with E-state index in [0.29, 0.717) is 12.5 Å². The minimum absolute atomic E-state index is 0. The molecule has 1 aromatic carbocycles. The number of rotatable bonds is 2. The second-order valence-corrected chi connectivity index (χ2v) is 3.77. The molecule has 0 fully saturated rings. The van der Waals surface area contributed by atoms with Crippen molar-refractivity contribution in [2.24, 2.45) is 4.99 Å². The normalized spacial score (nSPS) is 10.6. The van der Waals surface area contributed by atoms with Gasteiger partial charge in [0.15, 0.2) is 5.96 Å². The lowest BCUT2D eigenvalue weighted by Crippen LogP contribution is -2.34. The summed E-state index contributed by atoms with van der Waals surface area (Å²) >= 11 is 3.36. The number of benzene rings is 1. The van der Waals surface area contributed by atoms with E-state index in [2.05, 4.69) is 31.6 Å². The van der Waals surface area contributed by atoms with Crippen molar-refractivity contribution in [1.29, 1.82) is 0 Å². The van der Waals surface area contributed by atoms with Gasteiger partial charge in [-0.1, -0.05) is 15.9 Å². The van der Waals surface area contributed by atoms with E-state index in [1.54, 1.807) is 20.2 Å².